The van der Waals surface area contributed by atoms with Gasteiger partial charge in [0.05, 0.1) is 13.7 Å². The summed E-state index contributed by atoms with van der Waals surface area (Å²) in [5.41, 5.74) is 8.37. The van der Waals surface area contributed by atoms with Gasteiger partial charge in [0, 0.05) is 49.2 Å². The summed E-state index contributed by atoms with van der Waals surface area (Å²) < 4.78 is 5.12. The van der Waals surface area contributed by atoms with Crippen LogP contribution in [0.2, 0.25) is 5.02 Å². The van der Waals surface area contributed by atoms with Gasteiger partial charge in [-0.25, -0.2) is 9.98 Å². The van der Waals surface area contributed by atoms with Crippen LogP contribution in [-0.2, 0) is 6.54 Å². The molecule has 2 aromatic rings. The average Bonchev–Trinajstić information content (AvgIpc) is 2.67. The number of methoxy groups -OCH3 is 1. The third kappa shape index (κ3) is 5.38. The number of guanidine groups is 1. The molecule has 1 aliphatic heterocycles. The maximum atomic E-state index is 6.16. The molecule has 6 nitrogen and oxygen atoms in total. The first-order chi connectivity index (χ1) is 12.2. The maximum Gasteiger partial charge on any atom is 0.213 e. The molecule has 1 aromatic carbocycles. The van der Waals surface area contributed by atoms with Crippen molar-refractivity contribution in [2.24, 2.45) is 10.7 Å². The zero-order valence-corrected chi connectivity index (χ0v) is 17.7. The first-order valence-electron chi connectivity index (χ1n) is 8.20. The van der Waals surface area contributed by atoms with Crippen LogP contribution in [0.15, 0.2) is 47.6 Å². The molecule has 0 aliphatic carbocycles. The van der Waals surface area contributed by atoms with Crippen LogP contribution in [0.5, 0.6) is 5.88 Å². The zero-order valence-electron chi connectivity index (χ0n) is 14.6. The Morgan fingerprint density at radius 3 is 2.54 bits per heavy atom. The lowest BCUT2D eigenvalue weighted by molar-refractivity contribution is 0.380. The van der Waals surface area contributed by atoms with Crippen molar-refractivity contribution in [3.8, 4) is 5.88 Å². The van der Waals surface area contributed by atoms with Crippen LogP contribution in [-0.4, -0.2) is 49.1 Å². The molecule has 8 heteroatoms. The van der Waals surface area contributed by atoms with Gasteiger partial charge in [-0.05, 0) is 35.9 Å². The van der Waals surface area contributed by atoms with E-state index in [2.05, 4.69) is 19.8 Å². The van der Waals surface area contributed by atoms with Crippen molar-refractivity contribution >= 4 is 47.2 Å². The molecule has 0 atom stereocenters. The fourth-order valence-electron chi connectivity index (χ4n) is 2.78. The average molecular weight is 488 g/mol. The van der Waals surface area contributed by atoms with E-state index in [0.29, 0.717) is 18.4 Å². The Bertz CT molecular complexity index is 733. The van der Waals surface area contributed by atoms with Gasteiger partial charge in [0.1, 0.15) is 0 Å². The molecule has 1 fully saturated rings. The molecule has 0 unspecified atom stereocenters. The van der Waals surface area contributed by atoms with Gasteiger partial charge in [-0.3, -0.25) is 0 Å². The Hall–Kier alpha value is -1.74. The fraction of sp³-hybridized carbons (Fsp3) is 0.333. The second kappa shape index (κ2) is 9.82. The lowest BCUT2D eigenvalue weighted by Gasteiger charge is -2.36. The molecule has 0 amide bonds. The molecule has 26 heavy (non-hydrogen) atoms. The maximum absolute atomic E-state index is 6.16. The minimum absolute atomic E-state index is 0. The highest BCUT2D eigenvalue weighted by atomic mass is 127. The minimum Gasteiger partial charge on any atom is -0.481 e. The van der Waals surface area contributed by atoms with E-state index in [1.54, 1.807) is 13.3 Å². The molecule has 1 aromatic heterocycles. The number of nitrogens with zero attached hydrogens (tertiary/aromatic N) is 4. The van der Waals surface area contributed by atoms with Gasteiger partial charge in [-0.1, -0.05) is 11.6 Å². The summed E-state index contributed by atoms with van der Waals surface area (Å²) in [4.78, 5) is 13.0. The van der Waals surface area contributed by atoms with E-state index in [9.17, 15) is 0 Å². The summed E-state index contributed by atoms with van der Waals surface area (Å²) in [6.07, 6.45) is 1.71. The quantitative estimate of drug-likeness (QED) is 0.408. The van der Waals surface area contributed by atoms with E-state index >= 15 is 0 Å². The number of anilines is 1. The molecule has 2 heterocycles. The van der Waals surface area contributed by atoms with Gasteiger partial charge < -0.3 is 20.3 Å². The van der Waals surface area contributed by atoms with Crippen LogP contribution >= 0.6 is 35.6 Å². The molecule has 0 radical (unpaired) electrons. The molecule has 3 rings (SSSR count). The number of piperazine rings is 1. The van der Waals surface area contributed by atoms with Crippen LogP contribution in [0.4, 0.5) is 5.69 Å². The van der Waals surface area contributed by atoms with E-state index < -0.39 is 0 Å². The van der Waals surface area contributed by atoms with Gasteiger partial charge in [0.15, 0.2) is 5.96 Å². The predicted molar refractivity (Wildman–Crippen MR) is 117 cm³/mol. The summed E-state index contributed by atoms with van der Waals surface area (Å²) in [5, 5.41) is 0.756. The van der Waals surface area contributed by atoms with Crippen molar-refractivity contribution in [3.05, 3.63) is 53.2 Å². The van der Waals surface area contributed by atoms with Crippen LogP contribution < -0.4 is 15.4 Å². The summed E-state index contributed by atoms with van der Waals surface area (Å²) in [6.45, 7) is 4.01. The summed E-state index contributed by atoms with van der Waals surface area (Å²) >= 11 is 5.95. The lowest BCUT2D eigenvalue weighted by atomic mass is 10.2. The molecular weight excluding hydrogens is 465 g/mol. The molecule has 0 saturated carbocycles. The van der Waals surface area contributed by atoms with Crippen LogP contribution in [0.3, 0.4) is 0 Å². The molecule has 2 N–H and O–H groups in total. The van der Waals surface area contributed by atoms with E-state index in [-0.39, 0.29) is 24.0 Å². The van der Waals surface area contributed by atoms with E-state index in [4.69, 9.17) is 22.1 Å². The SMILES string of the molecule is COc1cc(CN=C(N)N2CCN(c3ccc(Cl)cc3)CC2)ccn1.I. The standard InChI is InChI=1S/C18H22ClN5O.HI/c1-25-17-12-14(6-7-21-17)13-22-18(20)24-10-8-23(9-11-24)16-4-2-15(19)3-5-16;/h2-7,12H,8-11,13H2,1H3,(H2,20,22);1H. The fourth-order valence-corrected chi connectivity index (χ4v) is 2.90. The Labute approximate surface area is 176 Å². The smallest absolute Gasteiger partial charge is 0.213 e. The van der Waals surface area contributed by atoms with Gasteiger partial charge in [-0.15, -0.1) is 24.0 Å². The Morgan fingerprint density at radius 1 is 1.19 bits per heavy atom. The molecular formula is C18H23ClIN5O. The first kappa shape index (κ1) is 20.6. The van der Waals surface area contributed by atoms with Crippen molar-refractivity contribution in [1.82, 2.24) is 9.88 Å². The van der Waals surface area contributed by atoms with Gasteiger partial charge in [0.25, 0.3) is 0 Å². The number of pyridine rings is 1. The summed E-state index contributed by atoms with van der Waals surface area (Å²) in [6, 6.07) is 11.7. The normalized spacial score (nSPS) is 14.8. The number of hydrogen-bond acceptors (Lipinski definition) is 4. The van der Waals surface area contributed by atoms with Gasteiger partial charge in [-0.2, -0.15) is 0 Å². The van der Waals surface area contributed by atoms with Crippen molar-refractivity contribution in [2.45, 2.75) is 6.54 Å². The molecule has 1 aliphatic rings. The Kier molecular flexibility index (Phi) is 7.77. The first-order valence-corrected chi connectivity index (χ1v) is 8.58. The number of halogens is 2. The van der Waals surface area contributed by atoms with E-state index in [1.807, 2.05) is 36.4 Å². The topological polar surface area (TPSA) is 67.0 Å². The minimum atomic E-state index is 0. The highest BCUT2D eigenvalue weighted by Crippen LogP contribution is 2.19. The zero-order chi connectivity index (χ0) is 17.6. The molecule has 1 saturated heterocycles. The number of aromatic nitrogens is 1. The Balaban J connectivity index is 0.00000243. The number of nitrogens with two attached hydrogens (primary N) is 1. The van der Waals surface area contributed by atoms with Gasteiger partial charge >= 0.3 is 0 Å². The predicted octanol–water partition coefficient (Wildman–Crippen LogP) is 3.00. The van der Waals surface area contributed by atoms with Crippen molar-refractivity contribution < 1.29 is 4.74 Å². The lowest BCUT2D eigenvalue weighted by Crippen LogP contribution is -2.51. The van der Waals surface area contributed by atoms with E-state index in [0.717, 1.165) is 36.8 Å². The Morgan fingerprint density at radius 2 is 1.88 bits per heavy atom. The number of hydrogen-bond donors (Lipinski definition) is 1. The largest absolute Gasteiger partial charge is 0.481 e. The summed E-state index contributed by atoms with van der Waals surface area (Å²) in [7, 11) is 1.60. The number of benzene rings is 1. The molecule has 0 spiro atoms. The van der Waals surface area contributed by atoms with Crippen LogP contribution in [0.25, 0.3) is 0 Å². The van der Waals surface area contributed by atoms with E-state index in [1.165, 1.54) is 5.69 Å². The van der Waals surface area contributed by atoms with Crippen molar-refractivity contribution in [2.75, 3.05) is 38.2 Å². The number of aliphatic imine (C=N–C) groups is 1. The third-order valence-electron chi connectivity index (χ3n) is 4.23. The van der Waals surface area contributed by atoms with Gasteiger partial charge in [0.2, 0.25) is 5.88 Å². The summed E-state index contributed by atoms with van der Waals surface area (Å²) in [5.74, 6) is 1.16. The van der Waals surface area contributed by atoms with Crippen LogP contribution in [0, 0.1) is 0 Å². The highest BCUT2D eigenvalue weighted by molar-refractivity contribution is 14.0. The second-order valence-corrected chi connectivity index (χ2v) is 6.27. The second-order valence-electron chi connectivity index (χ2n) is 5.83. The number of rotatable bonds is 4. The molecule has 0 bridgehead atoms. The highest BCUT2D eigenvalue weighted by Gasteiger charge is 2.18. The van der Waals surface area contributed by atoms with Crippen molar-refractivity contribution in [1.29, 1.82) is 0 Å². The van der Waals surface area contributed by atoms with Crippen molar-refractivity contribution in [3.63, 3.8) is 0 Å². The molecule has 140 valence electrons. The van der Waals surface area contributed by atoms with Crippen LogP contribution in [0.1, 0.15) is 5.56 Å². The third-order valence-corrected chi connectivity index (χ3v) is 4.48. The number of ether oxygens (including phenoxy) is 1. The monoisotopic (exact) mass is 487 g/mol.